The topological polar surface area (TPSA) is 43.4 Å². The van der Waals surface area contributed by atoms with Crippen LogP contribution in [0.3, 0.4) is 0 Å². The van der Waals surface area contributed by atoms with Crippen LogP contribution in [0.25, 0.3) is 0 Å². The van der Waals surface area contributed by atoms with Gasteiger partial charge in [-0.25, -0.2) is 0 Å². The minimum absolute atomic E-state index is 0.106. The number of ether oxygens (including phenoxy) is 1. The van der Waals surface area contributed by atoms with Crippen LogP contribution in [0.2, 0.25) is 0 Å². The summed E-state index contributed by atoms with van der Waals surface area (Å²) in [5.41, 5.74) is -0.663. The minimum atomic E-state index is -0.408. The van der Waals surface area contributed by atoms with Gasteiger partial charge in [0.2, 0.25) is 0 Å². The van der Waals surface area contributed by atoms with Crippen LogP contribution >= 0.6 is 0 Å². The van der Waals surface area contributed by atoms with Crippen molar-refractivity contribution in [3.05, 3.63) is 0 Å². The molecule has 4 rings (SSSR count). The van der Waals surface area contributed by atoms with Gasteiger partial charge in [0, 0.05) is 12.3 Å². The van der Waals surface area contributed by atoms with Crippen molar-refractivity contribution < 1.29 is 14.3 Å². The Morgan fingerprint density at radius 3 is 3.07 bits per heavy atom. The van der Waals surface area contributed by atoms with Gasteiger partial charge in [-0.15, -0.1) is 0 Å². The van der Waals surface area contributed by atoms with Crippen molar-refractivity contribution >= 4 is 12.3 Å². The van der Waals surface area contributed by atoms with Gasteiger partial charge in [-0.2, -0.15) is 0 Å². The molecular formula is C11H14O3. The number of aldehydes is 1. The maximum atomic E-state index is 11.8. The molecule has 0 aromatic carbocycles. The summed E-state index contributed by atoms with van der Waals surface area (Å²) in [6.07, 6.45) is 4.37. The Balaban J connectivity index is 2.06. The number of fused-ring (bicyclic) bond motifs is 1. The van der Waals surface area contributed by atoms with E-state index in [0.29, 0.717) is 18.3 Å². The third-order valence-electron chi connectivity index (χ3n) is 4.72. The second-order valence-corrected chi connectivity index (χ2v) is 5.14. The Morgan fingerprint density at radius 2 is 2.43 bits per heavy atom. The van der Waals surface area contributed by atoms with E-state index in [1.54, 1.807) is 0 Å². The lowest BCUT2D eigenvalue weighted by molar-refractivity contribution is -0.156. The molecule has 4 unspecified atom stereocenters. The lowest BCUT2D eigenvalue weighted by atomic mass is 9.44. The Kier molecular flexibility index (Phi) is 1.33. The molecule has 0 amide bonds. The second kappa shape index (κ2) is 2.20. The second-order valence-electron chi connectivity index (χ2n) is 5.14. The predicted octanol–water partition coefficient (Wildman–Crippen LogP) is 1.31. The Labute approximate surface area is 82.8 Å². The fourth-order valence-electron chi connectivity index (χ4n) is 3.90. The van der Waals surface area contributed by atoms with E-state index in [1.165, 1.54) is 0 Å². The average molecular weight is 194 g/mol. The van der Waals surface area contributed by atoms with E-state index >= 15 is 0 Å². The average Bonchev–Trinajstić information content (AvgIpc) is 2.21. The van der Waals surface area contributed by atoms with E-state index in [9.17, 15) is 9.59 Å². The van der Waals surface area contributed by atoms with E-state index in [0.717, 1.165) is 25.5 Å². The van der Waals surface area contributed by atoms with Gasteiger partial charge >= 0.3 is 5.97 Å². The van der Waals surface area contributed by atoms with Crippen LogP contribution in [0, 0.1) is 17.3 Å². The van der Waals surface area contributed by atoms with Gasteiger partial charge in [0.25, 0.3) is 0 Å². The third kappa shape index (κ3) is 0.645. The van der Waals surface area contributed by atoms with Crippen molar-refractivity contribution in [2.75, 3.05) is 0 Å². The van der Waals surface area contributed by atoms with Gasteiger partial charge in [0.1, 0.15) is 11.9 Å². The molecule has 4 fully saturated rings. The maximum Gasteiger partial charge on any atom is 0.313 e. The van der Waals surface area contributed by atoms with Crippen molar-refractivity contribution in [1.29, 1.82) is 0 Å². The normalized spacial score (nSPS) is 53.6. The van der Waals surface area contributed by atoms with Crippen molar-refractivity contribution in [2.24, 2.45) is 17.3 Å². The highest BCUT2D eigenvalue weighted by Crippen LogP contribution is 2.70. The molecule has 76 valence electrons. The van der Waals surface area contributed by atoms with Crippen LogP contribution in [-0.4, -0.2) is 17.9 Å². The zero-order valence-electron chi connectivity index (χ0n) is 8.29. The molecule has 3 nitrogen and oxygen atoms in total. The van der Waals surface area contributed by atoms with Crippen LogP contribution in [-0.2, 0) is 14.3 Å². The van der Waals surface area contributed by atoms with E-state index in [-0.39, 0.29) is 11.6 Å². The number of rotatable bonds is 2. The van der Waals surface area contributed by atoms with Crippen molar-refractivity contribution in [3.63, 3.8) is 0 Å². The zero-order valence-corrected chi connectivity index (χ0v) is 8.29. The first-order valence-corrected chi connectivity index (χ1v) is 5.30. The van der Waals surface area contributed by atoms with Crippen molar-refractivity contribution in [1.82, 2.24) is 0 Å². The van der Waals surface area contributed by atoms with Crippen molar-refractivity contribution in [3.8, 4) is 0 Å². The number of hydrogen-bond acceptors (Lipinski definition) is 3. The molecule has 1 saturated heterocycles. The summed E-state index contributed by atoms with van der Waals surface area (Å²) < 4.78 is 5.48. The van der Waals surface area contributed by atoms with Crippen LogP contribution in [0.1, 0.15) is 32.6 Å². The summed E-state index contributed by atoms with van der Waals surface area (Å²) in [7, 11) is 0. The number of carbonyl (C=O) groups excluding carboxylic acids is 2. The van der Waals surface area contributed by atoms with Crippen LogP contribution in [0.4, 0.5) is 0 Å². The monoisotopic (exact) mass is 194 g/mol. The number of esters is 1. The van der Waals surface area contributed by atoms with Gasteiger partial charge in [0.15, 0.2) is 0 Å². The quantitative estimate of drug-likeness (QED) is 0.491. The molecule has 4 bridgehead atoms. The molecule has 0 aromatic rings. The largest absolute Gasteiger partial charge is 0.459 e. The summed E-state index contributed by atoms with van der Waals surface area (Å²) in [4.78, 5) is 22.5. The lowest BCUT2D eigenvalue weighted by Gasteiger charge is -2.56. The van der Waals surface area contributed by atoms with Crippen LogP contribution < -0.4 is 0 Å². The molecule has 0 aromatic heterocycles. The Morgan fingerprint density at radius 1 is 1.64 bits per heavy atom. The van der Waals surface area contributed by atoms with Crippen molar-refractivity contribution in [2.45, 2.75) is 38.2 Å². The molecule has 3 aliphatic carbocycles. The summed E-state index contributed by atoms with van der Waals surface area (Å²) in [5.74, 6) is 0.623. The molecule has 14 heavy (non-hydrogen) atoms. The molecule has 1 heterocycles. The lowest BCUT2D eigenvalue weighted by Crippen LogP contribution is -2.58. The first kappa shape index (κ1) is 8.45. The highest BCUT2D eigenvalue weighted by Gasteiger charge is 2.74. The Bertz CT molecular complexity index is 322. The standard InChI is InChI=1S/C11H14O3/c1-10-3-2-7-6-8(10)11(7,4-5-12)9(13)14-10/h5,7-8H,2-4,6H2,1H3. The van der Waals surface area contributed by atoms with E-state index in [4.69, 9.17) is 4.74 Å². The van der Waals surface area contributed by atoms with E-state index in [1.807, 2.05) is 6.92 Å². The van der Waals surface area contributed by atoms with Crippen LogP contribution in [0.15, 0.2) is 0 Å². The van der Waals surface area contributed by atoms with Gasteiger partial charge in [0.05, 0.1) is 5.41 Å². The first-order chi connectivity index (χ1) is 6.63. The highest BCUT2D eigenvalue weighted by atomic mass is 16.6. The zero-order chi connectivity index (χ0) is 9.97. The van der Waals surface area contributed by atoms with Gasteiger partial charge in [-0.3, -0.25) is 4.79 Å². The molecule has 0 N–H and O–H groups in total. The predicted molar refractivity (Wildman–Crippen MR) is 48.4 cm³/mol. The SMILES string of the molecule is CC12CCC3CC1C3(CC=O)C(=O)O2. The third-order valence-corrected chi connectivity index (χ3v) is 4.72. The molecule has 0 radical (unpaired) electrons. The molecule has 0 spiro atoms. The highest BCUT2D eigenvalue weighted by molar-refractivity contribution is 5.85. The smallest absolute Gasteiger partial charge is 0.313 e. The molecule has 1 aliphatic heterocycles. The molecule has 3 saturated carbocycles. The summed E-state index contributed by atoms with van der Waals surface area (Å²) in [6, 6.07) is 0. The number of carbonyl (C=O) groups is 2. The minimum Gasteiger partial charge on any atom is -0.459 e. The summed E-state index contributed by atoms with van der Waals surface area (Å²) in [6.45, 7) is 2.03. The van der Waals surface area contributed by atoms with Gasteiger partial charge in [-0.05, 0) is 32.1 Å². The molecule has 3 heteroatoms. The molecular weight excluding hydrogens is 180 g/mol. The van der Waals surface area contributed by atoms with E-state index < -0.39 is 5.41 Å². The molecule has 4 atom stereocenters. The fraction of sp³-hybridized carbons (Fsp3) is 0.818. The number of hydrogen-bond donors (Lipinski definition) is 0. The van der Waals surface area contributed by atoms with Gasteiger partial charge < -0.3 is 9.53 Å². The van der Waals surface area contributed by atoms with Crippen LogP contribution in [0.5, 0.6) is 0 Å². The first-order valence-electron chi connectivity index (χ1n) is 5.30. The Hall–Kier alpha value is -0.860. The van der Waals surface area contributed by atoms with E-state index in [2.05, 4.69) is 0 Å². The molecule has 4 aliphatic rings. The summed E-state index contributed by atoms with van der Waals surface area (Å²) >= 11 is 0. The summed E-state index contributed by atoms with van der Waals surface area (Å²) in [5, 5.41) is 0. The fourth-order valence-corrected chi connectivity index (χ4v) is 3.90. The van der Waals surface area contributed by atoms with Gasteiger partial charge in [-0.1, -0.05) is 0 Å². The maximum absolute atomic E-state index is 11.8.